The first-order valence-corrected chi connectivity index (χ1v) is 6.73. The van der Waals surface area contributed by atoms with E-state index >= 15 is 0 Å². The number of fused-ring (bicyclic) bond motifs is 1. The molecule has 6 heteroatoms. The molecule has 96 valence electrons. The molecule has 2 heterocycles. The van der Waals surface area contributed by atoms with Crippen molar-refractivity contribution >= 4 is 33.8 Å². The van der Waals surface area contributed by atoms with Crippen molar-refractivity contribution < 1.29 is 4.79 Å². The maximum absolute atomic E-state index is 11.9. The highest BCUT2D eigenvalue weighted by molar-refractivity contribution is 7.09. The summed E-state index contributed by atoms with van der Waals surface area (Å²) in [7, 11) is 0. The number of H-pyrrole nitrogens is 1. The second-order valence-electron chi connectivity index (χ2n) is 4.25. The number of amides is 1. The van der Waals surface area contributed by atoms with Gasteiger partial charge in [0.15, 0.2) is 0 Å². The Bertz CT molecular complexity index is 731. The number of benzene rings is 1. The Hall–Kier alpha value is -2.21. The molecule has 0 radical (unpaired) electrons. The van der Waals surface area contributed by atoms with Crippen LogP contribution in [0.4, 0.5) is 5.69 Å². The largest absolute Gasteiger partial charge is 0.326 e. The smallest absolute Gasteiger partial charge is 0.230 e. The van der Waals surface area contributed by atoms with Gasteiger partial charge in [-0.1, -0.05) is 0 Å². The summed E-state index contributed by atoms with van der Waals surface area (Å²) < 4.78 is 0. The van der Waals surface area contributed by atoms with Gasteiger partial charge < -0.3 is 5.32 Å². The van der Waals surface area contributed by atoms with E-state index in [0.717, 1.165) is 27.3 Å². The van der Waals surface area contributed by atoms with Crippen LogP contribution in [0.5, 0.6) is 0 Å². The maximum atomic E-state index is 11.9. The van der Waals surface area contributed by atoms with Crippen molar-refractivity contribution in [2.24, 2.45) is 0 Å². The van der Waals surface area contributed by atoms with Crippen molar-refractivity contribution in [2.75, 3.05) is 5.32 Å². The quantitative estimate of drug-likeness (QED) is 0.769. The number of hydrogen-bond acceptors (Lipinski definition) is 4. The van der Waals surface area contributed by atoms with Crippen LogP contribution in [0.15, 0.2) is 29.8 Å². The highest BCUT2D eigenvalue weighted by atomic mass is 32.1. The number of aromatic amines is 1. The first-order chi connectivity index (χ1) is 9.20. The van der Waals surface area contributed by atoms with Gasteiger partial charge in [-0.25, -0.2) is 4.98 Å². The molecule has 1 amide bonds. The molecule has 0 atom stereocenters. The monoisotopic (exact) mass is 272 g/mol. The fourth-order valence-corrected chi connectivity index (χ4v) is 2.49. The van der Waals surface area contributed by atoms with Crippen molar-refractivity contribution in [2.45, 2.75) is 13.3 Å². The predicted molar refractivity (Wildman–Crippen MR) is 75.3 cm³/mol. The molecule has 3 rings (SSSR count). The Labute approximate surface area is 113 Å². The summed E-state index contributed by atoms with van der Waals surface area (Å²) in [6.07, 6.45) is 2.03. The van der Waals surface area contributed by atoms with E-state index in [0.29, 0.717) is 6.42 Å². The lowest BCUT2D eigenvalue weighted by Gasteiger charge is -2.03. The summed E-state index contributed by atoms with van der Waals surface area (Å²) in [6, 6.07) is 5.64. The third kappa shape index (κ3) is 2.63. The normalized spacial score (nSPS) is 10.8. The van der Waals surface area contributed by atoms with Crippen LogP contribution in [0.25, 0.3) is 10.9 Å². The molecule has 2 aromatic heterocycles. The fourth-order valence-electron chi connectivity index (χ4n) is 1.88. The molecule has 0 unspecified atom stereocenters. The highest BCUT2D eigenvalue weighted by Gasteiger charge is 2.07. The average molecular weight is 272 g/mol. The number of hydrogen-bond donors (Lipinski definition) is 2. The van der Waals surface area contributed by atoms with E-state index in [-0.39, 0.29) is 5.91 Å². The van der Waals surface area contributed by atoms with E-state index in [2.05, 4.69) is 20.5 Å². The van der Waals surface area contributed by atoms with Gasteiger partial charge >= 0.3 is 0 Å². The van der Waals surface area contributed by atoms with Gasteiger partial charge in [-0.2, -0.15) is 5.10 Å². The number of aryl methyl sites for hydroxylation is 1. The zero-order chi connectivity index (χ0) is 13.2. The van der Waals surface area contributed by atoms with Crippen molar-refractivity contribution in [3.05, 3.63) is 40.5 Å². The van der Waals surface area contributed by atoms with E-state index in [9.17, 15) is 4.79 Å². The molecule has 0 fully saturated rings. The predicted octanol–water partition coefficient (Wildman–Crippen LogP) is 2.51. The minimum Gasteiger partial charge on any atom is -0.326 e. The lowest BCUT2D eigenvalue weighted by molar-refractivity contribution is -0.115. The van der Waals surface area contributed by atoms with Crippen LogP contribution in [0.2, 0.25) is 0 Å². The summed E-state index contributed by atoms with van der Waals surface area (Å²) in [6.45, 7) is 1.93. The summed E-state index contributed by atoms with van der Waals surface area (Å²) in [5, 5.41) is 13.5. The standard InChI is InChI=1S/C13H12N4OS/c1-8-15-11(7-19-8)5-13(18)16-10-2-3-12-9(4-10)6-14-17-12/h2-4,6-7H,5H2,1H3,(H,14,17)(H,16,18). The van der Waals surface area contributed by atoms with Crippen LogP contribution in [-0.2, 0) is 11.2 Å². The molecule has 0 spiro atoms. The first-order valence-electron chi connectivity index (χ1n) is 5.85. The fraction of sp³-hybridized carbons (Fsp3) is 0.154. The SMILES string of the molecule is Cc1nc(CC(=O)Nc2ccc3[nH]ncc3c2)cs1. The van der Waals surface area contributed by atoms with Gasteiger partial charge in [0, 0.05) is 16.5 Å². The zero-order valence-corrected chi connectivity index (χ0v) is 11.1. The second kappa shape index (κ2) is 4.81. The topological polar surface area (TPSA) is 70.7 Å². The van der Waals surface area contributed by atoms with E-state index < -0.39 is 0 Å². The zero-order valence-electron chi connectivity index (χ0n) is 10.3. The van der Waals surface area contributed by atoms with Gasteiger partial charge in [0.05, 0.1) is 28.8 Å². The Kier molecular flexibility index (Phi) is 3.00. The molecular formula is C13H12N4OS. The number of carbonyl (C=O) groups is 1. The Balaban J connectivity index is 1.71. The molecule has 2 N–H and O–H groups in total. The average Bonchev–Trinajstić information content (AvgIpc) is 2.97. The molecule has 0 bridgehead atoms. The van der Waals surface area contributed by atoms with Crippen LogP contribution in [-0.4, -0.2) is 21.1 Å². The number of thiazole rings is 1. The molecule has 5 nitrogen and oxygen atoms in total. The first kappa shape index (κ1) is 11.9. The minimum absolute atomic E-state index is 0.0619. The van der Waals surface area contributed by atoms with Gasteiger partial charge in [0.2, 0.25) is 5.91 Å². The molecule has 0 saturated carbocycles. The summed E-state index contributed by atoms with van der Waals surface area (Å²) >= 11 is 1.55. The van der Waals surface area contributed by atoms with Gasteiger partial charge in [-0.3, -0.25) is 9.89 Å². The minimum atomic E-state index is -0.0619. The van der Waals surface area contributed by atoms with Crippen LogP contribution in [0.3, 0.4) is 0 Å². The third-order valence-electron chi connectivity index (χ3n) is 2.73. The van der Waals surface area contributed by atoms with Crippen molar-refractivity contribution in [3.8, 4) is 0 Å². The van der Waals surface area contributed by atoms with Gasteiger partial charge in [-0.05, 0) is 25.1 Å². The van der Waals surface area contributed by atoms with Crippen LogP contribution in [0.1, 0.15) is 10.7 Å². The van der Waals surface area contributed by atoms with E-state index in [1.54, 1.807) is 17.5 Å². The lowest BCUT2D eigenvalue weighted by Crippen LogP contribution is -2.14. The Morgan fingerprint density at radius 2 is 2.37 bits per heavy atom. The maximum Gasteiger partial charge on any atom is 0.230 e. The van der Waals surface area contributed by atoms with Gasteiger partial charge in [0.1, 0.15) is 0 Å². The number of rotatable bonds is 3. The highest BCUT2D eigenvalue weighted by Crippen LogP contribution is 2.17. The third-order valence-corrected chi connectivity index (χ3v) is 3.55. The molecule has 0 saturated heterocycles. The van der Waals surface area contributed by atoms with Crippen molar-refractivity contribution in [3.63, 3.8) is 0 Å². The van der Waals surface area contributed by atoms with Gasteiger partial charge in [-0.15, -0.1) is 11.3 Å². The molecule has 19 heavy (non-hydrogen) atoms. The van der Waals surface area contributed by atoms with Crippen molar-refractivity contribution in [1.29, 1.82) is 0 Å². The van der Waals surface area contributed by atoms with Gasteiger partial charge in [0.25, 0.3) is 0 Å². The van der Waals surface area contributed by atoms with Crippen LogP contribution >= 0.6 is 11.3 Å². The van der Waals surface area contributed by atoms with E-state index in [1.165, 1.54) is 0 Å². The van der Waals surface area contributed by atoms with E-state index in [1.807, 2.05) is 30.5 Å². The summed E-state index contributed by atoms with van der Waals surface area (Å²) in [5.41, 5.74) is 2.53. The Morgan fingerprint density at radius 3 is 3.16 bits per heavy atom. The number of anilines is 1. The number of carbonyl (C=O) groups excluding carboxylic acids is 1. The number of nitrogens with one attached hydrogen (secondary N) is 2. The molecule has 0 aliphatic carbocycles. The van der Waals surface area contributed by atoms with Crippen LogP contribution in [0, 0.1) is 6.92 Å². The number of nitrogens with zero attached hydrogens (tertiary/aromatic N) is 2. The lowest BCUT2D eigenvalue weighted by atomic mass is 10.2. The molecule has 3 aromatic rings. The Morgan fingerprint density at radius 1 is 1.47 bits per heavy atom. The number of aromatic nitrogens is 3. The second-order valence-corrected chi connectivity index (χ2v) is 5.32. The van der Waals surface area contributed by atoms with Crippen molar-refractivity contribution in [1.82, 2.24) is 15.2 Å². The molecule has 1 aromatic carbocycles. The summed E-state index contributed by atoms with van der Waals surface area (Å²) in [5.74, 6) is -0.0619. The summed E-state index contributed by atoms with van der Waals surface area (Å²) in [4.78, 5) is 16.2. The van der Waals surface area contributed by atoms with Crippen LogP contribution < -0.4 is 5.32 Å². The molecule has 0 aliphatic rings. The van der Waals surface area contributed by atoms with E-state index in [4.69, 9.17) is 0 Å². The molecule has 0 aliphatic heterocycles. The molecular weight excluding hydrogens is 260 g/mol.